The molecular formula is C14H24N2O3. The predicted molar refractivity (Wildman–Crippen MR) is 74.4 cm³/mol. The maximum atomic E-state index is 5.75. The Morgan fingerprint density at radius 3 is 2.89 bits per heavy atom. The average Bonchev–Trinajstić information content (AvgIpc) is 2.45. The van der Waals surface area contributed by atoms with E-state index in [1.807, 2.05) is 12.3 Å². The molecule has 0 atom stereocenters. The summed E-state index contributed by atoms with van der Waals surface area (Å²) in [7, 11) is 1.67. The lowest BCUT2D eigenvalue weighted by molar-refractivity contribution is 0.0644. The molecule has 1 heterocycles. The molecule has 0 amide bonds. The van der Waals surface area contributed by atoms with Crippen LogP contribution in [0.1, 0.15) is 18.9 Å². The molecular weight excluding hydrogens is 244 g/mol. The molecule has 0 aromatic carbocycles. The summed E-state index contributed by atoms with van der Waals surface area (Å²) in [4.78, 5) is 4.12. The SMILES string of the molecule is CCNCc1cnccc1OCCCOCCOC. The molecule has 0 saturated heterocycles. The maximum absolute atomic E-state index is 5.75. The van der Waals surface area contributed by atoms with Crippen LogP contribution in [-0.2, 0) is 16.0 Å². The van der Waals surface area contributed by atoms with E-state index < -0.39 is 0 Å². The molecule has 0 aliphatic heterocycles. The van der Waals surface area contributed by atoms with Crippen LogP contribution in [0.4, 0.5) is 0 Å². The van der Waals surface area contributed by atoms with Gasteiger partial charge in [-0.2, -0.15) is 0 Å². The van der Waals surface area contributed by atoms with Crippen LogP contribution in [0.3, 0.4) is 0 Å². The van der Waals surface area contributed by atoms with Gasteiger partial charge in [-0.3, -0.25) is 4.98 Å². The van der Waals surface area contributed by atoms with Crippen LogP contribution in [0.2, 0.25) is 0 Å². The third-order valence-electron chi connectivity index (χ3n) is 2.55. The Morgan fingerprint density at radius 1 is 1.21 bits per heavy atom. The summed E-state index contributed by atoms with van der Waals surface area (Å²) in [5.74, 6) is 0.896. The molecule has 1 rings (SSSR count). The summed E-state index contributed by atoms with van der Waals surface area (Å²) in [6.07, 6.45) is 4.46. The zero-order chi connectivity index (χ0) is 13.8. The van der Waals surface area contributed by atoms with Gasteiger partial charge in [0, 0.05) is 44.6 Å². The van der Waals surface area contributed by atoms with E-state index in [9.17, 15) is 0 Å². The number of hydrogen-bond acceptors (Lipinski definition) is 5. The van der Waals surface area contributed by atoms with Gasteiger partial charge in [-0.05, 0) is 12.6 Å². The highest BCUT2D eigenvalue weighted by Crippen LogP contribution is 2.16. The molecule has 0 spiro atoms. The summed E-state index contributed by atoms with van der Waals surface area (Å²) in [5, 5.41) is 3.27. The van der Waals surface area contributed by atoms with Crippen molar-refractivity contribution in [2.24, 2.45) is 0 Å². The first-order valence-electron chi connectivity index (χ1n) is 6.71. The number of nitrogens with zero attached hydrogens (tertiary/aromatic N) is 1. The fourth-order valence-corrected chi connectivity index (χ4v) is 1.54. The van der Waals surface area contributed by atoms with Crippen molar-refractivity contribution in [3.8, 4) is 5.75 Å². The fourth-order valence-electron chi connectivity index (χ4n) is 1.54. The largest absolute Gasteiger partial charge is 0.493 e. The quantitative estimate of drug-likeness (QED) is 0.618. The molecule has 1 N–H and O–H groups in total. The van der Waals surface area contributed by atoms with Gasteiger partial charge in [0.2, 0.25) is 0 Å². The van der Waals surface area contributed by atoms with Crippen molar-refractivity contribution in [2.75, 3.05) is 40.1 Å². The van der Waals surface area contributed by atoms with E-state index in [-0.39, 0.29) is 0 Å². The maximum Gasteiger partial charge on any atom is 0.126 e. The number of rotatable bonds is 11. The highest BCUT2D eigenvalue weighted by atomic mass is 16.5. The molecule has 1 aromatic heterocycles. The van der Waals surface area contributed by atoms with E-state index >= 15 is 0 Å². The van der Waals surface area contributed by atoms with Gasteiger partial charge in [-0.1, -0.05) is 6.92 Å². The van der Waals surface area contributed by atoms with E-state index in [0.717, 1.165) is 30.8 Å². The minimum atomic E-state index is 0.636. The first-order valence-corrected chi connectivity index (χ1v) is 6.71. The van der Waals surface area contributed by atoms with E-state index in [1.54, 1.807) is 13.3 Å². The zero-order valence-corrected chi connectivity index (χ0v) is 11.9. The van der Waals surface area contributed by atoms with E-state index in [1.165, 1.54) is 0 Å². The lowest BCUT2D eigenvalue weighted by Gasteiger charge is -2.11. The molecule has 0 fully saturated rings. The molecule has 108 valence electrons. The van der Waals surface area contributed by atoms with Gasteiger partial charge in [0.05, 0.1) is 19.8 Å². The van der Waals surface area contributed by atoms with Crippen LogP contribution in [0.25, 0.3) is 0 Å². The smallest absolute Gasteiger partial charge is 0.126 e. The topological polar surface area (TPSA) is 52.6 Å². The fraction of sp³-hybridized carbons (Fsp3) is 0.643. The van der Waals surface area contributed by atoms with Crippen molar-refractivity contribution >= 4 is 0 Å². The Labute approximate surface area is 115 Å². The summed E-state index contributed by atoms with van der Waals surface area (Å²) >= 11 is 0. The Balaban J connectivity index is 2.21. The lowest BCUT2D eigenvalue weighted by Crippen LogP contribution is -2.13. The lowest BCUT2D eigenvalue weighted by atomic mass is 10.2. The first kappa shape index (κ1) is 15.9. The van der Waals surface area contributed by atoms with Gasteiger partial charge >= 0.3 is 0 Å². The molecule has 0 aliphatic rings. The van der Waals surface area contributed by atoms with Crippen LogP contribution >= 0.6 is 0 Å². The normalized spacial score (nSPS) is 10.6. The molecule has 0 aliphatic carbocycles. The van der Waals surface area contributed by atoms with Crippen LogP contribution < -0.4 is 10.1 Å². The monoisotopic (exact) mass is 268 g/mol. The summed E-state index contributed by atoms with van der Waals surface area (Å²) in [5.41, 5.74) is 1.09. The Kier molecular flexibility index (Phi) is 8.97. The van der Waals surface area contributed by atoms with Gasteiger partial charge in [-0.25, -0.2) is 0 Å². The molecule has 5 nitrogen and oxygen atoms in total. The second-order valence-corrected chi connectivity index (χ2v) is 4.07. The van der Waals surface area contributed by atoms with Crippen molar-refractivity contribution in [3.05, 3.63) is 24.0 Å². The van der Waals surface area contributed by atoms with Crippen molar-refractivity contribution in [1.29, 1.82) is 0 Å². The Hall–Kier alpha value is -1.17. The number of pyridine rings is 1. The van der Waals surface area contributed by atoms with Crippen molar-refractivity contribution in [3.63, 3.8) is 0 Å². The molecule has 19 heavy (non-hydrogen) atoms. The third kappa shape index (κ3) is 7.10. The highest BCUT2D eigenvalue weighted by molar-refractivity contribution is 5.29. The molecule has 5 heteroatoms. The van der Waals surface area contributed by atoms with Gasteiger partial charge in [0.1, 0.15) is 5.75 Å². The Bertz CT molecular complexity index is 334. The predicted octanol–water partition coefficient (Wildman–Crippen LogP) is 1.62. The van der Waals surface area contributed by atoms with E-state index in [0.29, 0.717) is 26.4 Å². The number of aromatic nitrogens is 1. The number of nitrogens with one attached hydrogen (secondary N) is 1. The van der Waals surface area contributed by atoms with Gasteiger partial charge in [0.15, 0.2) is 0 Å². The minimum Gasteiger partial charge on any atom is -0.493 e. The highest BCUT2D eigenvalue weighted by Gasteiger charge is 2.02. The summed E-state index contributed by atoms with van der Waals surface area (Å²) in [6.45, 7) is 6.41. The molecule has 1 aromatic rings. The zero-order valence-electron chi connectivity index (χ0n) is 11.9. The van der Waals surface area contributed by atoms with Crippen LogP contribution in [-0.4, -0.2) is 45.1 Å². The number of hydrogen-bond donors (Lipinski definition) is 1. The van der Waals surface area contributed by atoms with Crippen LogP contribution in [0.5, 0.6) is 5.75 Å². The van der Waals surface area contributed by atoms with Crippen LogP contribution in [0.15, 0.2) is 18.5 Å². The van der Waals surface area contributed by atoms with Crippen molar-refractivity contribution in [2.45, 2.75) is 19.9 Å². The molecule has 0 unspecified atom stereocenters. The summed E-state index contributed by atoms with van der Waals surface area (Å²) in [6, 6.07) is 1.90. The summed E-state index contributed by atoms with van der Waals surface area (Å²) < 4.78 is 16.0. The average molecular weight is 268 g/mol. The number of methoxy groups -OCH3 is 1. The van der Waals surface area contributed by atoms with Gasteiger partial charge < -0.3 is 19.5 Å². The van der Waals surface area contributed by atoms with Gasteiger partial charge in [0.25, 0.3) is 0 Å². The number of ether oxygens (including phenoxy) is 3. The minimum absolute atomic E-state index is 0.636. The van der Waals surface area contributed by atoms with Gasteiger partial charge in [-0.15, -0.1) is 0 Å². The molecule has 0 bridgehead atoms. The molecule has 0 saturated carbocycles. The van der Waals surface area contributed by atoms with E-state index in [2.05, 4.69) is 17.2 Å². The van der Waals surface area contributed by atoms with E-state index in [4.69, 9.17) is 14.2 Å². The van der Waals surface area contributed by atoms with Crippen molar-refractivity contribution in [1.82, 2.24) is 10.3 Å². The second kappa shape index (κ2) is 10.7. The third-order valence-corrected chi connectivity index (χ3v) is 2.55. The first-order chi connectivity index (χ1) is 9.38. The van der Waals surface area contributed by atoms with Crippen LogP contribution in [0, 0.1) is 0 Å². The van der Waals surface area contributed by atoms with Crippen molar-refractivity contribution < 1.29 is 14.2 Å². The second-order valence-electron chi connectivity index (χ2n) is 4.07. The standard InChI is InChI=1S/C14H24N2O3/c1-3-15-11-13-12-16-6-5-14(13)19-8-4-7-18-10-9-17-2/h5-6,12,15H,3-4,7-11H2,1-2H3. The molecule has 0 radical (unpaired) electrons. The Morgan fingerprint density at radius 2 is 2.11 bits per heavy atom.